The average Bonchev–Trinajstić information content (AvgIpc) is 2.87. The number of carboxylic acid groups (broad SMARTS) is 1. The topological polar surface area (TPSA) is 84.9 Å². The van der Waals surface area contributed by atoms with Gasteiger partial charge in [0, 0.05) is 0 Å². The fraction of sp³-hybridized carbons (Fsp3) is 0.733. The number of carbonyl (C=O) groups is 2. The van der Waals surface area contributed by atoms with E-state index < -0.39 is 18.0 Å². The lowest BCUT2D eigenvalue weighted by Gasteiger charge is -2.21. The number of para-hydroxylation sites is 2. The smallest absolute Gasteiger partial charge is 0.344 e. The second kappa shape index (κ2) is 22.0. The van der Waals surface area contributed by atoms with Crippen LogP contribution in [-0.2, 0) is 14.3 Å². The minimum atomic E-state index is -1.24. The van der Waals surface area contributed by atoms with Crippen molar-refractivity contribution in [3.05, 3.63) is 24.3 Å². The molecule has 0 saturated carbocycles. The number of benzene rings is 1. The van der Waals surface area contributed by atoms with Crippen LogP contribution in [0, 0.1) is 0 Å². The highest BCUT2D eigenvalue weighted by Crippen LogP contribution is 2.28. The first-order valence-corrected chi connectivity index (χ1v) is 14.3. The van der Waals surface area contributed by atoms with Gasteiger partial charge >= 0.3 is 5.97 Å². The first-order valence-electron chi connectivity index (χ1n) is 14.3. The molecule has 6 nitrogen and oxygen atoms in total. The largest absolute Gasteiger partial charge is 0.546 e. The monoisotopic (exact) mass is 505 g/mol. The molecule has 0 fully saturated rings. The van der Waals surface area contributed by atoms with Crippen molar-refractivity contribution in [2.75, 3.05) is 13.2 Å². The summed E-state index contributed by atoms with van der Waals surface area (Å²) < 4.78 is 16.6. The quantitative estimate of drug-likeness (QED) is 0.114. The number of carbonyl (C=O) groups excluding carboxylic acids is 2. The maximum absolute atomic E-state index is 12.1. The zero-order valence-electron chi connectivity index (χ0n) is 22.8. The van der Waals surface area contributed by atoms with Crippen LogP contribution in [0.4, 0.5) is 0 Å². The summed E-state index contributed by atoms with van der Waals surface area (Å²) in [4.78, 5) is 23.7. The molecule has 1 aromatic rings. The Balaban J connectivity index is 2.31. The van der Waals surface area contributed by atoms with Crippen molar-refractivity contribution in [1.29, 1.82) is 0 Å². The molecule has 0 amide bonds. The fourth-order valence-electron chi connectivity index (χ4n) is 4.11. The first-order chi connectivity index (χ1) is 17.6. The lowest BCUT2D eigenvalue weighted by atomic mass is 10.1. The van der Waals surface area contributed by atoms with Gasteiger partial charge in [0.25, 0.3) is 0 Å². The number of ether oxygens (including phenoxy) is 3. The molecule has 0 aliphatic carbocycles. The van der Waals surface area contributed by atoms with Gasteiger partial charge in [-0.05, 0) is 31.4 Å². The minimum absolute atomic E-state index is 0.245. The summed E-state index contributed by atoms with van der Waals surface area (Å²) in [5.41, 5.74) is 0. The van der Waals surface area contributed by atoms with Gasteiger partial charge in [0.2, 0.25) is 0 Å². The average molecular weight is 506 g/mol. The highest BCUT2D eigenvalue weighted by molar-refractivity contribution is 5.71. The van der Waals surface area contributed by atoms with Crippen LogP contribution in [0.3, 0.4) is 0 Å². The number of aliphatic carboxylic acids is 1. The number of esters is 1. The minimum Gasteiger partial charge on any atom is -0.546 e. The van der Waals surface area contributed by atoms with Crippen LogP contribution in [0.2, 0.25) is 0 Å². The molecule has 1 unspecified atom stereocenters. The van der Waals surface area contributed by atoms with E-state index in [2.05, 4.69) is 13.8 Å². The summed E-state index contributed by atoms with van der Waals surface area (Å²) in [5, 5.41) is 11.6. The Labute approximate surface area is 219 Å². The van der Waals surface area contributed by atoms with Crippen LogP contribution in [0.1, 0.15) is 123 Å². The van der Waals surface area contributed by atoms with Gasteiger partial charge in [-0.1, -0.05) is 116 Å². The lowest BCUT2D eigenvalue weighted by molar-refractivity contribution is -0.313. The molecular weight excluding hydrogens is 456 g/mol. The van der Waals surface area contributed by atoms with Crippen molar-refractivity contribution in [2.24, 2.45) is 0 Å². The van der Waals surface area contributed by atoms with Gasteiger partial charge in [0.15, 0.2) is 18.1 Å². The molecule has 0 aliphatic rings. The Kier molecular flexibility index (Phi) is 19.4. The summed E-state index contributed by atoms with van der Waals surface area (Å²) in [5.74, 6) is -1.06. The molecule has 0 heterocycles. The molecule has 0 aliphatic heterocycles. The fourth-order valence-corrected chi connectivity index (χ4v) is 4.11. The van der Waals surface area contributed by atoms with Crippen molar-refractivity contribution >= 4 is 11.9 Å². The van der Waals surface area contributed by atoms with Crippen molar-refractivity contribution < 1.29 is 28.9 Å². The first kappa shape index (κ1) is 31.8. The van der Waals surface area contributed by atoms with E-state index in [1.807, 2.05) is 0 Å². The van der Waals surface area contributed by atoms with Crippen LogP contribution in [0.15, 0.2) is 24.3 Å². The van der Waals surface area contributed by atoms with Crippen molar-refractivity contribution in [2.45, 2.75) is 129 Å². The third kappa shape index (κ3) is 16.4. The number of hydrogen-bond donors (Lipinski definition) is 0. The standard InChI is InChI=1S/C30H50O6/c1-3-5-7-9-11-13-15-17-23-28(30(32)33)36-27-22-19-18-21-26(27)35-25-29(31)34-24-20-16-14-12-10-8-6-4-2/h18-19,21-22,28H,3-17,20,23-25H2,1-2H3,(H,32,33)/p-1. The third-order valence-electron chi connectivity index (χ3n) is 6.31. The predicted octanol–water partition coefficient (Wildman–Crippen LogP) is 6.78. The van der Waals surface area contributed by atoms with Gasteiger partial charge in [-0.15, -0.1) is 0 Å². The molecular formula is C30H49O6-. The van der Waals surface area contributed by atoms with Crippen LogP contribution < -0.4 is 14.6 Å². The van der Waals surface area contributed by atoms with E-state index in [0.717, 1.165) is 32.1 Å². The summed E-state index contributed by atoms with van der Waals surface area (Å²) in [6.07, 6.45) is 17.8. The van der Waals surface area contributed by atoms with Gasteiger partial charge in [-0.2, -0.15) is 0 Å². The molecule has 0 spiro atoms. The van der Waals surface area contributed by atoms with Crippen molar-refractivity contribution in [3.63, 3.8) is 0 Å². The molecule has 0 aromatic heterocycles. The van der Waals surface area contributed by atoms with Gasteiger partial charge in [0.05, 0.1) is 12.6 Å². The van der Waals surface area contributed by atoms with Crippen LogP contribution in [0.25, 0.3) is 0 Å². The van der Waals surface area contributed by atoms with Gasteiger partial charge in [0.1, 0.15) is 6.10 Å². The SMILES string of the molecule is CCCCCCCCCCOC(=O)COc1ccccc1OC(CCCCCCCCCC)C(=O)[O-]. The Morgan fingerprint density at radius 1 is 0.722 bits per heavy atom. The highest BCUT2D eigenvalue weighted by atomic mass is 16.6. The normalized spacial score (nSPS) is 11.7. The molecule has 0 bridgehead atoms. The third-order valence-corrected chi connectivity index (χ3v) is 6.31. The molecule has 1 aromatic carbocycles. The van der Waals surface area contributed by atoms with E-state index in [1.54, 1.807) is 24.3 Å². The molecule has 6 heteroatoms. The van der Waals surface area contributed by atoms with Gasteiger partial charge in [-0.3, -0.25) is 0 Å². The van der Waals surface area contributed by atoms with Gasteiger partial charge in [-0.25, -0.2) is 4.79 Å². The highest BCUT2D eigenvalue weighted by Gasteiger charge is 2.16. The Hall–Kier alpha value is -2.24. The van der Waals surface area contributed by atoms with E-state index in [0.29, 0.717) is 24.5 Å². The molecule has 206 valence electrons. The van der Waals surface area contributed by atoms with E-state index >= 15 is 0 Å². The number of hydrogen-bond acceptors (Lipinski definition) is 6. The second-order valence-electron chi connectivity index (χ2n) is 9.62. The van der Waals surface area contributed by atoms with Gasteiger partial charge < -0.3 is 24.1 Å². The molecule has 1 atom stereocenters. The van der Waals surface area contributed by atoms with E-state index in [1.165, 1.54) is 70.6 Å². The Morgan fingerprint density at radius 3 is 1.78 bits per heavy atom. The molecule has 36 heavy (non-hydrogen) atoms. The van der Waals surface area contributed by atoms with Crippen molar-refractivity contribution in [1.82, 2.24) is 0 Å². The van der Waals surface area contributed by atoms with Crippen molar-refractivity contribution in [3.8, 4) is 11.5 Å². The summed E-state index contributed by atoms with van der Waals surface area (Å²) in [6.45, 7) is 4.56. The summed E-state index contributed by atoms with van der Waals surface area (Å²) in [7, 11) is 0. The molecule has 0 radical (unpaired) electrons. The molecule has 1 rings (SSSR count). The lowest BCUT2D eigenvalue weighted by Crippen LogP contribution is -2.39. The van der Waals surface area contributed by atoms with E-state index in [-0.39, 0.29) is 6.61 Å². The number of carboxylic acids is 1. The molecule has 0 saturated heterocycles. The Morgan fingerprint density at radius 2 is 1.22 bits per heavy atom. The Bertz CT molecular complexity index is 690. The van der Waals surface area contributed by atoms with Crippen LogP contribution in [0.5, 0.6) is 11.5 Å². The van der Waals surface area contributed by atoms with Crippen LogP contribution >= 0.6 is 0 Å². The summed E-state index contributed by atoms with van der Waals surface area (Å²) >= 11 is 0. The van der Waals surface area contributed by atoms with E-state index in [9.17, 15) is 14.7 Å². The summed E-state index contributed by atoms with van der Waals surface area (Å²) in [6, 6.07) is 6.79. The zero-order valence-corrected chi connectivity index (χ0v) is 22.8. The maximum atomic E-state index is 12.1. The maximum Gasteiger partial charge on any atom is 0.344 e. The van der Waals surface area contributed by atoms with Crippen LogP contribution in [-0.4, -0.2) is 31.3 Å². The second-order valence-corrected chi connectivity index (χ2v) is 9.62. The van der Waals surface area contributed by atoms with E-state index in [4.69, 9.17) is 14.2 Å². The number of unbranched alkanes of at least 4 members (excludes halogenated alkanes) is 14. The zero-order chi connectivity index (χ0) is 26.3. The predicted molar refractivity (Wildman–Crippen MR) is 142 cm³/mol. The number of rotatable bonds is 24. The molecule has 0 N–H and O–H groups in total.